The number of aromatic nitrogens is 1. The van der Waals surface area contributed by atoms with Crippen LogP contribution in [0.3, 0.4) is 0 Å². The number of pyridine rings is 1. The molecule has 2 aromatic rings. The average molecular weight is 366 g/mol. The lowest BCUT2D eigenvalue weighted by molar-refractivity contribution is 0.0951. The van der Waals surface area contributed by atoms with Gasteiger partial charge in [-0.05, 0) is 69.5 Å². The molecule has 6 heteroatoms. The Kier molecular flexibility index (Phi) is 5.74. The minimum absolute atomic E-state index is 0.159. The van der Waals surface area contributed by atoms with E-state index in [4.69, 9.17) is 0 Å². The van der Waals surface area contributed by atoms with E-state index in [2.05, 4.69) is 40.4 Å². The van der Waals surface area contributed by atoms with Crippen LogP contribution >= 0.6 is 0 Å². The summed E-state index contributed by atoms with van der Waals surface area (Å²) in [5, 5.41) is 5.82. The quantitative estimate of drug-likeness (QED) is 0.788. The van der Waals surface area contributed by atoms with Crippen LogP contribution < -0.4 is 15.5 Å². The first-order valence-corrected chi connectivity index (χ1v) is 9.45. The maximum absolute atomic E-state index is 12.6. The zero-order valence-electron chi connectivity index (χ0n) is 16.1. The highest BCUT2D eigenvalue weighted by Gasteiger charge is 2.24. The van der Waals surface area contributed by atoms with Gasteiger partial charge in [-0.1, -0.05) is 0 Å². The molecule has 0 radical (unpaired) electrons. The molecule has 6 nitrogen and oxygen atoms in total. The van der Waals surface area contributed by atoms with E-state index in [1.807, 2.05) is 19.1 Å². The molecule has 3 rings (SSSR count). The number of benzene rings is 1. The number of nitrogens with one attached hydrogen (secondary N) is 2. The maximum atomic E-state index is 12.6. The third kappa shape index (κ3) is 4.64. The normalized spacial score (nSPS) is 13.1. The van der Waals surface area contributed by atoms with Crippen LogP contribution in [-0.4, -0.2) is 35.9 Å². The minimum Gasteiger partial charge on any atom is -0.372 e. The van der Waals surface area contributed by atoms with Gasteiger partial charge in [0.15, 0.2) is 0 Å². The zero-order valence-corrected chi connectivity index (χ0v) is 16.1. The Morgan fingerprint density at radius 2 is 1.85 bits per heavy atom. The maximum Gasteiger partial charge on any atom is 0.274 e. The number of amides is 2. The van der Waals surface area contributed by atoms with E-state index >= 15 is 0 Å². The molecule has 1 heterocycles. The van der Waals surface area contributed by atoms with Gasteiger partial charge in [-0.25, -0.2) is 0 Å². The molecule has 1 aliphatic rings. The molecular weight excluding hydrogens is 340 g/mol. The van der Waals surface area contributed by atoms with Crippen LogP contribution in [0.25, 0.3) is 0 Å². The van der Waals surface area contributed by atoms with E-state index in [-0.39, 0.29) is 23.6 Å². The smallest absolute Gasteiger partial charge is 0.274 e. The first-order valence-electron chi connectivity index (χ1n) is 9.45. The number of hydrogen-bond acceptors (Lipinski definition) is 4. The van der Waals surface area contributed by atoms with Gasteiger partial charge in [0, 0.05) is 42.3 Å². The van der Waals surface area contributed by atoms with Gasteiger partial charge in [-0.2, -0.15) is 0 Å². The molecule has 0 aliphatic heterocycles. The molecule has 1 aromatic heterocycles. The lowest BCUT2D eigenvalue weighted by Crippen LogP contribution is -2.26. The summed E-state index contributed by atoms with van der Waals surface area (Å²) in [6.07, 6.45) is 3.53. The molecule has 0 bridgehead atoms. The highest BCUT2D eigenvalue weighted by atomic mass is 16.2. The van der Waals surface area contributed by atoms with Crippen molar-refractivity contribution in [2.24, 2.45) is 0 Å². The summed E-state index contributed by atoms with van der Waals surface area (Å²) < 4.78 is 0. The van der Waals surface area contributed by atoms with Crippen molar-refractivity contribution in [3.8, 4) is 0 Å². The molecule has 1 saturated carbocycles. The van der Waals surface area contributed by atoms with Gasteiger partial charge < -0.3 is 15.5 Å². The Labute approximate surface area is 160 Å². The Morgan fingerprint density at radius 3 is 2.48 bits per heavy atom. The van der Waals surface area contributed by atoms with Gasteiger partial charge in [0.25, 0.3) is 11.8 Å². The van der Waals surface area contributed by atoms with E-state index in [0.717, 1.165) is 42.9 Å². The molecule has 2 N–H and O–H groups in total. The molecule has 0 spiro atoms. The van der Waals surface area contributed by atoms with Crippen molar-refractivity contribution in [1.29, 1.82) is 0 Å². The van der Waals surface area contributed by atoms with Crippen LogP contribution in [0.1, 0.15) is 53.1 Å². The number of aryl methyl sites for hydroxylation is 1. The first-order chi connectivity index (χ1) is 13.0. The summed E-state index contributed by atoms with van der Waals surface area (Å²) in [5.74, 6) is -0.483. The molecule has 0 atom stereocenters. The second-order valence-electron chi connectivity index (χ2n) is 6.80. The van der Waals surface area contributed by atoms with Crippen molar-refractivity contribution in [2.45, 2.75) is 39.7 Å². The largest absolute Gasteiger partial charge is 0.372 e. The Bertz CT molecular complexity index is 842. The van der Waals surface area contributed by atoms with Crippen molar-refractivity contribution in [1.82, 2.24) is 10.3 Å². The number of rotatable bonds is 7. The molecule has 2 amide bonds. The average Bonchev–Trinajstić information content (AvgIpc) is 3.49. The Morgan fingerprint density at radius 1 is 1.11 bits per heavy atom. The summed E-state index contributed by atoms with van der Waals surface area (Å²) >= 11 is 0. The fraction of sp³-hybridized carbons (Fsp3) is 0.381. The van der Waals surface area contributed by atoms with Crippen LogP contribution in [0.15, 0.2) is 36.5 Å². The number of anilines is 2. The van der Waals surface area contributed by atoms with Crippen molar-refractivity contribution in [3.05, 3.63) is 53.3 Å². The lowest BCUT2D eigenvalue weighted by atomic mass is 10.1. The number of hydrogen-bond donors (Lipinski definition) is 2. The molecule has 27 heavy (non-hydrogen) atoms. The van der Waals surface area contributed by atoms with Crippen LogP contribution in [0.5, 0.6) is 0 Å². The van der Waals surface area contributed by atoms with Crippen molar-refractivity contribution < 1.29 is 9.59 Å². The predicted octanol–water partition coefficient (Wildman–Crippen LogP) is 3.38. The predicted molar refractivity (Wildman–Crippen MR) is 107 cm³/mol. The summed E-state index contributed by atoms with van der Waals surface area (Å²) in [4.78, 5) is 31.1. The zero-order chi connectivity index (χ0) is 19.4. The topological polar surface area (TPSA) is 74.3 Å². The van der Waals surface area contributed by atoms with Crippen LogP contribution in [-0.2, 0) is 0 Å². The summed E-state index contributed by atoms with van der Waals surface area (Å²) in [6, 6.07) is 9.41. The van der Waals surface area contributed by atoms with E-state index in [9.17, 15) is 9.59 Å². The standard InChI is InChI=1S/C21H26N4O2/c1-4-25(5-2)17-8-9-18(14(3)12-17)24-21(27)19-13-15(10-11-22-19)20(26)23-16-6-7-16/h8-13,16H,4-7H2,1-3H3,(H,23,26)(H,24,27). The van der Waals surface area contributed by atoms with E-state index < -0.39 is 0 Å². The molecule has 0 saturated heterocycles. The van der Waals surface area contributed by atoms with E-state index in [1.54, 1.807) is 6.07 Å². The number of carbonyl (C=O) groups is 2. The van der Waals surface area contributed by atoms with Crippen LogP contribution in [0.4, 0.5) is 11.4 Å². The monoisotopic (exact) mass is 366 g/mol. The Hall–Kier alpha value is -2.89. The van der Waals surface area contributed by atoms with E-state index in [0.29, 0.717) is 5.56 Å². The summed E-state index contributed by atoms with van der Waals surface area (Å²) in [5.41, 5.74) is 3.54. The van der Waals surface area contributed by atoms with Gasteiger partial charge in [-0.3, -0.25) is 14.6 Å². The SMILES string of the molecule is CCN(CC)c1ccc(NC(=O)c2cc(C(=O)NC3CC3)ccn2)c(C)c1. The summed E-state index contributed by atoms with van der Waals surface area (Å²) in [6.45, 7) is 8.07. The second kappa shape index (κ2) is 8.20. The van der Waals surface area contributed by atoms with Gasteiger partial charge >= 0.3 is 0 Å². The molecule has 0 unspecified atom stereocenters. The van der Waals surface area contributed by atoms with E-state index in [1.165, 1.54) is 12.3 Å². The third-order valence-corrected chi connectivity index (χ3v) is 4.75. The molecule has 1 fully saturated rings. The summed E-state index contributed by atoms with van der Waals surface area (Å²) in [7, 11) is 0. The lowest BCUT2D eigenvalue weighted by Gasteiger charge is -2.22. The Balaban J connectivity index is 1.72. The molecular formula is C21H26N4O2. The fourth-order valence-corrected chi connectivity index (χ4v) is 2.95. The number of carbonyl (C=O) groups excluding carboxylic acids is 2. The fourth-order valence-electron chi connectivity index (χ4n) is 2.95. The number of nitrogens with zero attached hydrogens (tertiary/aromatic N) is 2. The highest BCUT2D eigenvalue weighted by molar-refractivity contribution is 6.05. The molecule has 1 aromatic carbocycles. The third-order valence-electron chi connectivity index (χ3n) is 4.75. The van der Waals surface area contributed by atoms with Crippen LogP contribution in [0.2, 0.25) is 0 Å². The van der Waals surface area contributed by atoms with Gasteiger partial charge in [0.1, 0.15) is 5.69 Å². The van der Waals surface area contributed by atoms with Gasteiger partial charge in [0.05, 0.1) is 0 Å². The molecule has 1 aliphatic carbocycles. The van der Waals surface area contributed by atoms with Crippen molar-refractivity contribution in [3.63, 3.8) is 0 Å². The van der Waals surface area contributed by atoms with Crippen LogP contribution in [0, 0.1) is 6.92 Å². The minimum atomic E-state index is -0.324. The van der Waals surface area contributed by atoms with Crippen molar-refractivity contribution >= 4 is 23.2 Å². The van der Waals surface area contributed by atoms with Crippen molar-refractivity contribution in [2.75, 3.05) is 23.3 Å². The van der Waals surface area contributed by atoms with Gasteiger partial charge in [-0.15, -0.1) is 0 Å². The first kappa shape index (κ1) is 18.9. The highest BCUT2D eigenvalue weighted by Crippen LogP contribution is 2.23. The second-order valence-corrected chi connectivity index (χ2v) is 6.80. The van der Waals surface area contributed by atoms with Gasteiger partial charge in [0.2, 0.25) is 0 Å². The molecule has 142 valence electrons.